The lowest BCUT2D eigenvalue weighted by atomic mass is 10.1. The van der Waals surface area contributed by atoms with Crippen LogP contribution in [-0.4, -0.2) is 22.1 Å². The first-order chi connectivity index (χ1) is 6.07. The van der Waals surface area contributed by atoms with Crippen LogP contribution in [0.4, 0.5) is 5.82 Å². The van der Waals surface area contributed by atoms with E-state index in [-0.39, 0.29) is 10.9 Å². The number of anilines is 1. The standard InChI is InChI=1S/C8H10ClN3O/c1-8(2)4-11-6-5(13-8)3-10-7(9)12-6/h3H,4H2,1-2H3,(H,10,11,12). The maximum absolute atomic E-state index is 5.63. The van der Waals surface area contributed by atoms with Gasteiger partial charge in [-0.3, -0.25) is 0 Å². The first-order valence-electron chi connectivity index (χ1n) is 4.02. The molecule has 1 aliphatic heterocycles. The Morgan fingerprint density at radius 2 is 2.38 bits per heavy atom. The molecule has 5 heteroatoms. The number of hydrogen-bond acceptors (Lipinski definition) is 4. The van der Waals surface area contributed by atoms with E-state index in [0.29, 0.717) is 18.1 Å². The second-order valence-corrected chi connectivity index (χ2v) is 3.91. The van der Waals surface area contributed by atoms with Crippen molar-refractivity contribution in [3.63, 3.8) is 0 Å². The van der Waals surface area contributed by atoms with Gasteiger partial charge < -0.3 is 10.1 Å². The fraction of sp³-hybridized carbons (Fsp3) is 0.500. The van der Waals surface area contributed by atoms with E-state index in [1.165, 1.54) is 0 Å². The van der Waals surface area contributed by atoms with Crippen LogP contribution >= 0.6 is 11.6 Å². The lowest BCUT2D eigenvalue weighted by Gasteiger charge is -2.32. The van der Waals surface area contributed by atoms with Gasteiger partial charge in [0.05, 0.1) is 12.7 Å². The molecule has 1 aromatic heterocycles. The van der Waals surface area contributed by atoms with Crippen LogP contribution in [0.1, 0.15) is 13.8 Å². The van der Waals surface area contributed by atoms with Gasteiger partial charge >= 0.3 is 0 Å². The van der Waals surface area contributed by atoms with E-state index >= 15 is 0 Å². The summed E-state index contributed by atoms with van der Waals surface area (Å²) in [5.41, 5.74) is -0.218. The normalized spacial score (nSPS) is 18.4. The molecule has 0 amide bonds. The van der Waals surface area contributed by atoms with Crippen LogP contribution in [0.2, 0.25) is 5.28 Å². The number of halogens is 1. The summed E-state index contributed by atoms with van der Waals surface area (Å²) in [5.74, 6) is 1.32. The molecule has 0 aliphatic carbocycles. The number of aromatic nitrogens is 2. The highest BCUT2D eigenvalue weighted by atomic mass is 35.5. The molecule has 0 aromatic carbocycles. The van der Waals surface area contributed by atoms with Crippen molar-refractivity contribution in [3.8, 4) is 5.75 Å². The smallest absolute Gasteiger partial charge is 0.224 e. The van der Waals surface area contributed by atoms with Gasteiger partial charge in [0, 0.05) is 0 Å². The maximum Gasteiger partial charge on any atom is 0.224 e. The zero-order valence-electron chi connectivity index (χ0n) is 7.47. The van der Waals surface area contributed by atoms with E-state index in [1.807, 2.05) is 13.8 Å². The Balaban J connectivity index is 2.37. The summed E-state index contributed by atoms with van der Waals surface area (Å²) in [6.07, 6.45) is 1.58. The van der Waals surface area contributed by atoms with Crippen LogP contribution in [0.15, 0.2) is 6.20 Å². The first-order valence-corrected chi connectivity index (χ1v) is 4.40. The molecule has 0 atom stereocenters. The van der Waals surface area contributed by atoms with Crippen LogP contribution in [-0.2, 0) is 0 Å². The summed E-state index contributed by atoms with van der Waals surface area (Å²) in [4.78, 5) is 7.84. The van der Waals surface area contributed by atoms with Crippen LogP contribution in [0.3, 0.4) is 0 Å². The second-order valence-electron chi connectivity index (χ2n) is 3.57. The zero-order chi connectivity index (χ0) is 9.47. The van der Waals surface area contributed by atoms with Gasteiger partial charge in [0.2, 0.25) is 5.28 Å². The molecule has 0 spiro atoms. The first kappa shape index (κ1) is 8.56. The predicted molar refractivity (Wildman–Crippen MR) is 50.2 cm³/mol. The lowest BCUT2D eigenvalue weighted by Crippen LogP contribution is -2.40. The molecule has 0 unspecified atom stereocenters. The van der Waals surface area contributed by atoms with E-state index in [4.69, 9.17) is 16.3 Å². The van der Waals surface area contributed by atoms with Crippen molar-refractivity contribution in [3.05, 3.63) is 11.5 Å². The molecule has 4 nitrogen and oxygen atoms in total. The molecule has 0 radical (unpaired) electrons. The van der Waals surface area contributed by atoms with Crippen molar-refractivity contribution in [1.29, 1.82) is 0 Å². The largest absolute Gasteiger partial charge is 0.481 e. The fourth-order valence-corrected chi connectivity index (χ4v) is 1.31. The Kier molecular flexibility index (Phi) is 1.80. The topological polar surface area (TPSA) is 47.0 Å². The molecule has 2 heterocycles. The molecule has 0 saturated heterocycles. The average molecular weight is 200 g/mol. The Labute approximate surface area is 81.3 Å². The van der Waals surface area contributed by atoms with Gasteiger partial charge in [0.25, 0.3) is 0 Å². The number of hydrogen-bond donors (Lipinski definition) is 1. The molecule has 0 saturated carbocycles. The minimum absolute atomic E-state index is 0.218. The minimum atomic E-state index is -0.218. The van der Waals surface area contributed by atoms with Gasteiger partial charge in [-0.1, -0.05) is 0 Å². The summed E-state index contributed by atoms with van der Waals surface area (Å²) >= 11 is 5.63. The van der Waals surface area contributed by atoms with Crippen molar-refractivity contribution >= 4 is 17.4 Å². The molecule has 1 aromatic rings. The van der Waals surface area contributed by atoms with Crippen molar-refractivity contribution in [1.82, 2.24) is 9.97 Å². The van der Waals surface area contributed by atoms with Crippen molar-refractivity contribution in [2.45, 2.75) is 19.4 Å². The molecule has 1 aliphatic rings. The molecule has 13 heavy (non-hydrogen) atoms. The summed E-state index contributed by atoms with van der Waals surface area (Å²) in [6.45, 7) is 4.71. The predicted octanol–water partition coefficient (Wildman–Crippen LogP) is 1.71. The molecule has 70 valence electrons. The van der Waals surface area contributed by atoms with Crippen LogP contribution < -0.4 is 10.1 Å². The Bertz CT molecular complexity index is 340. The van der Waals surface area contributed by atoms with Gasteiger partial charge in [-0.25, -0.2) is 4.98 Å². The van der Waals surface area contributed by atoms with Gasteiger partial charge in [-0.15, -0.1) is 0 Å². The number of fused-ring (bicyclic) bond motifs is 1. The van der Waals surface area contributed by atoms with E-state index in [9.17, 15) is 0 Å². The van der Waals surface area contributed by atoms with E-state index in [1.54, 1.807) is 6.20 Å². The van der Waals surface area contributed by atoms with Crippen molar-refractivity contribution < 1.29 is 4.74 Å². The fourth-order valence-electron chi connectivity index (χ4n) is 1.18. The van der Waals surface area contributed by atoms with Crippen molar-refractivity contribution in [2.24, 2.45) is 0 Å². The minimum Gasteiger partial charge on any atom is -0.481 e. The zero-order valence-corrected chi connectivity index (χ0v) is 8.22. The summed E-state index contributed by atoms with van der Waals surface area (Å²) in [7, 11) is 0. The highest BCUT2D eigenvalue weighted by Crippen LogP contribution is 2.30. The number of rotatable bonds is 0. The molecular formula is C8H10ClN3O. The summed E-state index contributed by atoms with van der Waals surface area (Å²) in [5, 5.41) is 3.36. The SMILES string of the molecule is CC1(C)CNc2nc(Cl)ncc2O1. The third-order valence-electron chi connectivity index (χ3n) is 1.79. The maximum atomic E-state index is 5.63. The van der Waals surface area contributed by atoms with Gasteiger partial charge in [0.15, 0.2) is 11.6 Å². The Morgan fingerprint density at radius 3 is 3.15 bits per heavy atom. The van der Waals surface area contributed by atoms with E-state index in [2.05, 4.69) is 15.3 Å². The number of nitrogens with zero attached hydrogens (tertiary/aromatic N) is 2. The quantitative estimate of drug-likeness (QED) is 0.647. The summed E-state index contributed by atoms with van der Waals surface area (Å²) < 4.78 is 5.63. The van der Waals surface area contributed by atoms with Gasteiger partial charge in [0.1, 0.15) is 5.60 Å². The van der Waals surface area contributed by atoms with Crippen molar-refractivity contribution in [2.75, 3.05) is 11.9 Å². The number of ether oxygens (including phenoxy) is 1. The van der Waals surface area contributed by atoms with Crippen LogP contribution in [0, 0.1) is 0 Å². The molecule has 2 rings (SSSR count). The van der Waals surface area contributed by atoms with E-state index in [0.717, 1.165) is 0 Å². The molecule has 1 N–H and O–H groups in total. The molecular weight excluding hydrogens is 190 g/mol. The Morgan fingerprint density at radius 1 is 1.62 bits per heavy atom. The Hall–Kier alpha value is -1.03. The molecule has 0 bridgehead atoms. The highest BCUT2D eigenvalue weighted by Gasteiger charge is 2.27. The molecule has 0 fully saturated rings. The third kappa shape index (κ3) is 1.67. The summed E-state index contributed by atoms with van der Waals surface area (Å²) in [6, 6.07) is 0. The van der Waals surface area contributed by atoms with Crippen LogP contribution in [0.25, 0.3) is 0 Å². The monoisotopic (exact) mass is 199 g/mol. The van der Waals surface area contributed by atoms with Crippen LogP contribution in [0.5, 0.6) is 5.75 Å². The van der Waals surface area contributed by atoms with Gasteiger partial charge in [-0.2, -0.15) is 4.98 Å². The van der Waals surface area contributed by atoms with Gasteiger partial charge in [-0.05, 0) is 25.4 Å². The third-order valence-corrected chi connectivity index (χ3v) is 1.98. The second kappa shape index (κ2) is 2.73. The average Bonchev–Trinajstić information content (AvgIpc) is 2.05. The number of nitrogens with one attached hydrogen (secondary N) is 1. The van der Waals surface area contributed by atoms with E-state index < -0.39 is 0 Å². The lowest BCUT2D eigenvalue weighted by molar-refractivity contribution is 0.114. The highest BCUT2D eigenvalue weighted by molar-refractivity contribution is 6.28.